The maximum Gasteiger partial charge on any atom is 0.245 e. The molecule has 0 radical (unpaired) electrons. The van der Waals surface area contributed by atoms with Crippen LogP contribution in [-0.2, 0) is 71.9 Å². The van der Waals surface area contributed by atoms with E-state index in [2.05, 4.69) is 86.7 Å². The van der Waals surface area contributed by atoms with Crippen LogP contribution in [0.3, 0.4) is 0 Å². The van der Waals surface area contributed by atoms with E-state index in [0.29, 0.717) is 19.3 Å². The van der Waals surface area contributed by atoms with Crippen molar-refractivity contribution in [2.45, 2.75) is 242 Å². The first-order chi connectivity index (χ1) is 43.9. The molecule has 0 saturated carbocycles. The summed E-state index contributed by atoms with van der Waals surface area (Å²) in [6.45, 7) is 26.9. The predicted octanol–water partition coefficient (Wildman–Crippen LogP) is -1.51. The Kier molecular flexibility index (Phi) is 38.2. The van der Waals surface area contributed by atoms with Crippen molar-refractivity contribution < 1.29 is 77.0 Å². The Balaban J connectivity index is 5.32. The van der Waals surface area contributed by atoms with Gasteiger partial charge in [-0.2, -0.15) is 0 Å². The van der Waals surface area contributed by atoms with E-state index in [0.717, 1.165) is 25.7 Å². The standard InChI is InChI=1S/C64H115N15O16/c1-20-22-23-24-25-26-43(81)76-61(12,13)57(92)69-33-48(86)74-51(39(9)10)56(91)79-64(18,19)60(95)68-30-45(83)66-32-47(85)73-50(38(7)8)55(90)78-63(16,17)59(94)67-29-44(82)65-31-46(84)72-42(28-37(5)6)53(88)77-62(14,15)58(93)70-34-49(87)75-52(40(11)21-2)54(89)71-41(35-80)27-36(3)4/h36-42,50-52,80H,20-35H2,1-19H3,(H,65,82)(H,66,83)(H,67,94)(H,68,95)(H,69,92)(H,70,93)(H,71,89)(H,72,84)(H,73,85)(H,74,86)(H,75,87)(H,76,81)(H,77,88)(H,78,90)(H,79,91)/t40-,41-,42-,50-,51-,52-/m0/s1. The summed E-state index contributed by atoms with van der Waals surface area (Å²) in [4.78, 5) is 197. The summed E-state index contributed by atoms with van der Waals surface area (Å²) in [5, 5.41) is 47.5. The number of hydrogen-bond acceptors (Lipinski definition) is 16. The number of rotatable bonds is 44. The second kappa shape index (κ2) is 41.8. The van der Waals surface area contributed by atoms with Crippen LogP contribution in [0.1, 0.15) is 189 Å². The molecule has 542 valence electrons. The number of carbonyl (C=O) groups excluding carboxylic acids is 15. The lowest BCUT2D eigenvalue weighted by Gasteiger charge is -2.30. The highest BCUT2D eigenvalue weighted by Crippen LogP contribution is 2.14. The molecule has 0 aliphatic rings. The Labute approximate surface area is 560 Å². The van der Waals surface area contributed by atoms with E-state index in [9.17, 15) is 77.0 Å². The SMILES string of the molecule is CCCCCCCC(=O)NC(C)(C)C(=O)NCC(=O)N[C@H](C(=O)NC(C)(C)C(=O)NCC(=O)NCC(=O)N[C@H](C(=O)NC(C)(C)C(=O)NCC(=O)NCC(=O)N[C@@H](CC(C)C)C(=O)NC(C)(C)C(=O)NCC(=O)N[C@H](C(=O)N[C@H](CO)CC(C)C)[C@@H](C)CC)C(C)C)C(C)C. The van der Waals surface area contributed by atoms with E-state index >= 15 is 0 Å². The minimum Gasteiger partial charge on any atom is -0.394 e. The molecule has 95 heavy (non-hydrogen) atoms. The summed E-state index contributed by atoms with van der Waals surface area (Å²) in [6.07, 6.45) is 6.15. The van der Waals surface area contributed by atoms with Gasteiger partial charge in [-0.3, -0.25) is 71.9 Å². The summed E-state index contributed by atoms with van der Waals surface area (Å²) < 4.78 is 0. The van der Waals surface area contributed by atoms with Crippen molar-refractivity contribution in [1.82, 2.24) is 79.8 Å². The number of aliphatic hydroxyl groups excluding tert-OH is 1. The smallest absolute Gasteiger partial charge is 0.245 e. The van der Waals surface area contributed by atoms with Crippen molar-refractivity contribution in [3.63, 3.8) is 0 Å². The summed E-state index contributed by atoms with van der Waals surface area (Å²) >= 11 is 0. The van der Waals surface area contributed by atoms with Gasteiger partial charge >= 0.3 is 0 Å². The van der Waals surface area contributed by atoms with Gasteiger partial charge in [0.25, 0.3) is 0 Å². The Morgan fingerprint density at radius 1 is 0.347 bits per heavy atom. The van der Waals surface area contributed by atoms with E-state index < -0.39 is 186 Å². The highest BCUT2D eigenvalue weighted by molar-refractivity contribution is 6.00. The average Bonchev–Trinajstić information content (AvgIpc) is 0.891. The second-order valence-electron chi connectivity index (χ2n) is 27.7. The van der Waals surface area contributed by atoms with Crippen molar-refractivity contribution in [2.75, 3.05) is 45.9 Å². The van der Waals surface area contributed by atoms with Crippen molar-refractivity contribution in [3.05, 3.63) is 0 Å². The zero-order valence-corrected chi connectivity index (χ0v) is 59.7. The Bertz CT molecular complexity index is 2640. The lowest BCUT2D eigenvalue weighted by Crippen LogP contribution is -2.62. The number of nitrogens with one attached hydrogen (secondary N) is 15. The maximum atomic E-state index is 13.6. The van der Waals surface area contributed by atoms with E-state index in [4.69, 9.17) is 0 Å². The number of amides is 15. The molecule has 0 unspecified atom stereocenters. The molecule has 6 atom stereocenters. The van der Waals surface area contributed by atoms with Crippen LogP contribution >= 0.6 is 0 Å². The molecule has 0 aliphatic heterocycles. The zero-order chi connectivity index (χ0) is 73.4. The van der Waals surface area contributed by atoms with E-state index in [1.54, 1.807) is 48.5 Å². The molecule has 0 aromatic carbocycles. The molecular formula is C64H115N15O16. The Morgan fingerprint density at radius 2 is 0.684 bits per heavy atom. The molecule has 15 amide bonds. The first kappa shape index (κ1) is 87.0. The molecule has 31 heteroatoms. The van der Waals surface area contributed by atoms with Gasteiger partial charge in [0.2, 0.25) is 88.6 Å². The highest BCUT2D eigenvalue weighted by Gasteiger charge is 2.38. The van der Waals surface area contributed by atoms with Crippen LogP contribution in [0.2, 0.25) is 0 Å². The zero-order valence-electron chi connectivity index (χ0n) is 59.7. The van der Waals surface area contributed by atoms with Crippen LogP contribution in [0, 0.1) is 29.6 Å². The average molecular weight is 1350 g/mol. The highest BCUT2D eigenvalue weighted by atomic mass is 16.3. The number of hydrogen-bond donors (Lipinski definition) is 16. The third-order valence-electron chi connectivity index (χ3n) is 15.1. The van der Waals surface area contributed by atoms with Gasteiger partial charge in [0, 0.05) is 6.42 Å². The van der Waals surface area contributed by atoms with Crippen molar-refractivity contribution >= 4 is 88.6 Å². The van der Waals surface area contributed by atoms with Crippen LogP contribution in [0.25, 0.3) is 0 Å². The Morgan fingerprint density at radius 3 is 1.04 bits per heavy atom. The lowest BCUT2D eigenvalue weighted by atomic mass is 9.97. The summed E-state index contributed by atoms with van der Waals surface area (Å²) in [5.41, 5.74) is -6.25. The molecule has 16 N–H and O–H groups in total. The molecule has 0 bridgehead atoms. The molecule has 0 rings (SSSR count). The number of unbranched alkanes of at least 4 members (excludes halogenated alkanes) is 4. The molecule has 0 aromatic heterocycles. The molecule has 0 aliphatic carbocycles. The van der Waals surface area contributed by atoms with Gasteiger partial charge in [0.1, 0.15) is 46.3 Å². The second-order valence-corrected chi connectivity index (χ2v) is 27.7. The maximum absolute atomic E-state index is 13.6. The molecular weight excluding hydrogens is 1230 g/mol. The molecule has 0 spiro atoms. The third kappa shape index (κ3) is 34.3. The Hall–Kier alpha value is -7.99. The van der Waals surface area contributed by atoms with Gasteiger partial charge in [-0.15, -0.1) is 0 Å². The summed E-state index contributed by atoms with van der Waals surface area (Å²) in [6, 6.07) is -5.05. The number of aliphatic hydroxyl groups is 1. The quantitative estimate of drug-likeness (QED) is 0.0309. The fourth-order valence-corrected chi connectivity index (χ4v) is 9.14. The molecule has 0 heterocycles. The minimum absolute atomic E-state index is 0.114. The van der Waals surface area contributed by atoms with Crippen molar-refractivity contribution in [1.29, 1.82) is 0 Å². The topological polar surface area (TPSA) is 457 Å². The fraction of sp³-hybridized carbons (Fsp3) is 0.766. The van der Waals surface area contributed by atoms with Crippen LogP contribution < -0.4 is 79.8 Å². The molecule has 31 nitrogen and oxygen atoms in total. The summed E-state index contributed by atoms with van der Waals surface area (Å²) in [5.74, 6) is -12.0. The van der Waals surface area contributed by atoms with Crippen molar-refractivity contribution in [3.8, 4) is 0 Å². The fourth-order valence-electron chi connectivity index (χ4n) is 9.14. The molecule has 0 fully saturated rings. The largest absolute Gasteiger partial charge is 0.394 e. The van der Waals surface area contributed by atoms with E-state index in [-0.39, 0.29) is 43.1 Å². The van der Waals surface area contributed by atoms with Crippen molar-refractivity contribution in [2.24, 2.45) is 29.6 Å². The van der Waals surface area contributed by atoms with Crippen LogP contribution in [-0.4, -0.2) is 192 Å². The lowest BCUT2D eigenvalue weighted by molar-refractivity contribution is -0.136. The van der Waals surface area contributed by atoms with E-state index in [1.807, 2.05) is 20.8 Å². The monoisotopic (exact) mass is 1350 g/mol. The first-order valence-electron chi connectivity index (χ1n) is 32.9. The predicted molar refractivity (Wildman–Crippen MR) is 355 cm³/mol. The normalized spacial score (nSPS) is 13.6. The van der Waals surface area contributed by atoms with Gasteiger partial charge in [0.05, 0.1) is 51.9 Å². The van der Waals surface area contributed by atoms with Gasteiger partial charge in [-0.1, -0.05) is 108 Å². The third-order valence-corrected chi connectivity index (χ3v) is 15.1. The van der Waals surface area contributed by atoms with Gasteiger partial charge in [0.15, 0.2) is 0 Å². The van der Waals surface area contributed by atoms with Crippen LogP contribution in [0.5, 0.6) is 0 Å². The molecule has 0 saturated heterocycles. The van der Waals surface area contributed by atoms with Crippen LogP contribution in [0.4, 0.5) is 0 Å². The minimum atomic E-state index is -1.68. The van der Waals surface area contributed by atoms with Crippen LogP contribution in [0.15, 0.2) is 0 Å². The van der Waals surface area contributed by atoms with E-state index in [1.165, 1.54) is 55.4 Å². The first-order valence-corrected chi connectivity index (χ1v) is 32.9. The van der Waals surface area contributed by atoms with Gasteiger partial charge in [-0.25, -0.2) is 0 Å². The number of carbonyl (C=O) groups is 15. The molecule has 0 aromatic rings. The van der Waals surface area contributed by atoms with Gasteiger partial charge < -0.3 is 84.9 Å². The van der Waals surface area contributed by atoms with Gasteiger partial charge in [-0.05, 0) is 104 Å². The summed E-state index contributed by atoms with van der Waals surface area (Å²) in [7, 11) is 0.